The molecule has 0 aliphatic carbocycles. The first-order chi connectivity index (χ1) is 19.3. The van der Waals surface area contributed by atoms with Crippen LogP contribution in [-0.4, -0.2) is 45.0 Å². The van der Waals surface area contributed by atoms with Crippen LogP contribution in [0.15, 0.2) is 60.7 Å². The minimum atomic E-state index is -0.992. The van der Waals surface area contributed by atoms with Crippen molar-refractivity contribution in [1.82, 2.24) is 5.01 Å². The number of hydrogen-bond acceptors (Lipinski definition) is 7. The van der Waals surface area contributed by atoms with E-state index in [0.717, 1.165) is 30.2 Å². The van der Waals surface area contributed by atoms with Crippen LogP contribution < -0.4 is 10.3 Å². The number of unbranched alkanes of at least 4 members (excludes halogenated alkanes) is 7. The van der Waals surface area contributed by atoms with E-state index >= 15 is 0 Å². The molecule has 4 atom stereocenters. The highest BCUT2D eigenvalue weighted by atomic mass is 19.1. The lowest BCUT2D eigenvalue weighted by Crippen LogP contribution is -2.57. The molecular weight excluding hydrogens is 515 g/mol. The van der Waals surface area contributed by atoms with Crippen molar-refractivity contribution in [3.63, 3.8) is 0 Å². The molecule has 2 amide bonds. The quantitative estimate of drug-likeness (QED) is 0.101. The van der Waals surface area contributed by atoms with E-state index in [1.807, 2.05) is 0 Å². The molecule has 1 fully saturated rings. The van der Waals surface area contributed by atoms with Gasteiger partial charge in [0.25, 0.3) is 11.6 Å². The fourth-order valence-corrected chi connectivity index (χ4v) is 5.46. The van der Waals surface area contributed by atoms with Crippen LogP contribution in [0.1, 0.15) is 64.7 Å². The number of rotatable bonds is 14. The maximum atomic E-state index is 14.0. The summed E-state index contributed by atoms with van der Waals surface area (Å²) in [5.41, 5.74) is 3.66. The van der Waals surface area contributed by atoms with E-state index in [-0.39, 0.29) is 11.4 Å². The van der Waals surface area contributed by atoms with E-state index in [1.54, 1.807) is 17.2 Å². The molecule has 9 nitrogen and oxygen atoms in total. The summed E-state index contributed by atoms with van der Waals surface area (Å²) >= 11 is 0. The Balaban J connectivity index is 1.52. The monoisotopic (exact) mass is 552 g/mol. The number of nitro groups is 1. The van der Waals surface area contributed by atoms with Gasteiger partial charge in [-0.3, -0.25) is 19.7 Å². The second-order valence-electron chi connectivity index (χ2n) is 10.5. The smallest absolute Gasteiger partial charge is 0.269 e. The predicted molar refractivity (Wildman–Crippen MR) is 151 cm³/mol. The van der Waals surface area contributed by atoms with Crippen molar-refractivity contribution < 1.29 is 24.0 Å². The second-order valence-corrected chi connectivity index (χ2v) is 10.5. The number of hydrazine groups is 1. The van der Waals surface area contributed by atoms with Crippen molar-refractivity contribution >= 4 is 28.9 Å². The van der Waals surface area contributed by atoms with Gasteiger partial charge in [-0.1, -0.05) is 76.5 Å². The van der Waals surface area contributed by atoms with Gasteiger partial charge in [-0.15, -0.1) is 0 Å². The van der Waals surface area contributed by atoms with Crippen molar-refractivity contribution in [3.8, 4) is 0 Å². The number of benzene rings is 2. The number of carbonyl (C=O) groups is 2. The number of amides is 2. The average Bonchev–Trinajstić information content (AvgIpc) is 3.20. The van der Waals surface area contributed by atoms with Crippen LogP contribution in [0, 0.1) is 21.8 Å². The zero-order valence-corrected chi connectivity index (χ0v) is 22.7. The predicted octanol–water partition coefficient (Wildman–Crippen LogP) is 5.75. The molecule has 2 aliphatic heterocycles. The Morgan fingerprint density at radius 3 is 2.30 bits per heavy atom. The number of nitro benzene ring substituents is 1. The molecule has 2 aliphatic rings. The zero-order valence-electron chi connectivity index (χ0n) is 22.7. The number of non-ortho nitro benzene ring substituents is 1. The Kier molecular flexibility index (Phi) is 10.0. The van der Waals surface area contributed by atoms with Gasteiger partial charge in [0.2, 0.25) is 5.91 Å². The van der Waals surface area contributed by atoms with Gasteiger partial charge in [0.15, 0.2) is 0 Å². The van der Waals surface area contributed by atoms with Crippen LogP contribution in [0.3, 0.4) is 0 Å². The molecule has 0 aromatic heterocycles. The third-order valence-electron chi connectivity index (χ3n) is 7.61. The number of anilines is 2. The lowest BCUT2D eigenvalue weighted by Gasteiger charge is -2.40. The summed E-state index contributed by atoms with van der Waals surface area (Å²) in [4.78, 5) is 38.6. The molecule has 10 heteroatoms. The third-order valence-corrected chi connectivity index (χ3v) is 7.61. The number of hydrogen-bond donors (Lipinski definition) is 2. The maximum absolute atomic E-state index is 14.0. The SMILES string of the molecule is CCCCCCCCCC[C@H](O)C1C=CC2C(=O)N(c3cccc(F)c3)C(=O)[C@H]2N1Nc1ccc([N+](=O)[O-])cc1. The van der Waals surface area contributed by atoms with Crippen LogP contribution in [0.25, 0.3) is 0 Å². The number of nitrogens with zero attached hydrogens (tertiary/aromatic N) is 3. The number of carbonyl (C=O) groups excluding carboxylic acids is 2. The summed E-state index contributed by atoms with van der Waals surface area (Å²) in [7, 11) is 0. The minimum absolute atomic E-state index is 0.0855. The first-order valence-corrected chi connectivity index (χ1v) is 14.1. The van der Waals surface area contributed by atoms with Gasteiger partial charge in [-0.2, -0.15) is 0 Å². The van der Waals surface area contributed by atoms with E-state index in [9.17, 15) is 29.2 Å². The Hall–Kier alpha value is -3.63. The Labute approximate surface area is 233 Å². The van der Waals surface area contributed by atoms with Crippen molar-refractivity contribution in [2.24, 2.45) is 5.92 Å². The van der Waals surface area contributed by atoms with Crippen LogP contribution in [0.4, 0.5) is 21.5 Å². The summed E-state index contributed by atoms with van der Waals surface area (Å²) in [6.45, 7) is 2.19. The van der Waals surface area contributed by atoms with Crippen LogP contribution >= 0.6 is 0 Å². The Morgan fingerprint density at radius 2 is 1.65 bits per heavy atom. The van der Waals surface area contributed by atoms with E-state index in [0.29, 0.717) is 12.1 Å². The van der Waals surface area contributed by atoms with E-state index < -0.39 is 46.7 Å². The Morgan fingerprint density at radius 1 is 0.975 bits per heavy atom. The fraction of sp³-hybridized carbons (Fsp3) is 0.467. The number of aliphatic hydroxyl groups is 1. The molecule has 1 saturated heterocycles. The van der Waals surface area contributed by atoms with Crippen LogP contribution in [0.5, 0.6) is 0 Å². The molecular formula is C30H37FN4O5. The first kappa shape index (κ1) is 29.4. The lowest BCUT2D eigenvalue weighted by atomic mass is 9.91. The van der Waals surface area contributed by atoms with Crippen molar-refractivity contribution in [1.29, 1.82) is 0 Å². The largest absolute Gasteiger partial charge is 0.391 e. The standard InChI is InChI=1S/C30H37FN4O5/c1-2-3-4-5-6-7-8-9-13-27(36)26-19-18-25-28(34(26)32-22-14-16-23(17-15-22)35(39)40)30(38)33(29(25)37)24-12-10-11-21(31)20-24/h10-12,14-20,25-28,32,36H,2-9,13H2,1H3/t25?,26?,27-,28-/m0/s1. The van der Waals surface area contributed by atoms with E-state index in [4.69, 9.17) is 0 Å². The molecule has 2 aromatic carbocycles. The molecule has 0 bridgehead atoms. The second kappa shape index (κ2) is 13.6. The number of halogens is 1. The summed E-state index contributed by atoms with van der Waals surface area (Å²) in [6.07, 6.45) is 12.1. The lowest BCUT2D eigenvalue weighted by molar-refractivity contribution is -0.384. The van der Waals surface area contributed by atoms with Gasteiger partial charge < -0.3 is 10.5 Å². The van der Waals surface area contributed by atoms with Crippen molar-refractivity contribution in [2.75, 3.05) is 10.3 Å². The van der Waals surface area contributed by atoms with Crippen molar-refractivity contribution in [2.45, 2.75) is 82.9 Å². The molecule has 40 heavy (non-hydrogen) atoms. The van der Waals surface area contributed by atoms with E-state index in [1.165, 1.54) is 74.6 Å². The highest BCUT2D eigenvalue weighted by Gasteiger charge is 2.54. The third kappa shape index (κ3) is 6.74. The number of fused-ring (bicyclic) bond motifs is 1. The summed E-state index contributed by atoms with van der Waals surface area (Å²) < 4.78 is 14.0. The van der Waals surface area contributed by atoms with Crippen LogP contribution in [-0.2, 0) is 9.59 Å². The Bertz CT molecular complexity index is 1220. The molecule has 2 unspecified atom stereocenters. The van der Waals surface area contributed by atoms with Gasteiger partial charge >= 0.3 is 0 Å². The summed E-state index contributed by atoms with van der Waals surface area (Å²) in [6, 6.07) is 9.39. The number of aliphatic hydroxyl groups excluding tert-OH is 1. The van der Waals surface area contributed by atoms with Gasteiger partial charge in [-0.25, -0.2) is 14.3 Å². The average molecular weight is 553 g/mol. The molecule has 0 saturated carbocycles. The number of nitrogens with one attached hydrogen (secondary N) is 1. The molecule has 0 spiro atoms. The molecule has 0 radical (unpaired) electrons. The molecule has 214 valence electrons. The van der Waals surface area contributed by atoms with Gasteiger partial charge in [0.1, 0.15) is 11.9 Å². The summed E-state index contributed by atoms with van der Waals surface area (Å²) in [5.74, 6) is -2.43. The molecule has 4 rings (SSSR count). The summed E-state index contributed by atoms with van der Waals surface area (Å²) in [5, 5.41) is 23.9. The van der Waals surface area contributed by atoms with Crippen molar-refractivity contribution in [3.05, 3.63) is 76.6 Å². The fourth-order valence-electron chi connectivity index (χ4n) is 5.46. The number of imide groups is 1. The normalized spacial score (nSPS) is 21.5. The van der Waals surface area contributed by atoms with Gasteiger partial charge in [-0.05, 0) is 36.8 Å². The topological polar surface area (TPSA) is 116 Å². The van der Waals surface area contributed by atoms with Gasteiger partial charge in [0.05, 0.1) is 28.7 Å². The molecule has 2 N–H and O–H groups in total. The van der Waals surface area contributed by atoms with Crippen LogP contribution in [0.2, 0.25) is 0 Å². The van der Waals surface area contributed by atoms with E-state index in [2.05, 4.69) is 12.3 Å². The highest BCUT2D eigenvalue weighted by molar-refractivity contribution is 6.24. The maximum Gasteiger partial charge on any atom is 0.269 e. The molecule has 2 aromatic rings. The van der Waals surface area contributed by atoms with Gasteiger partial charge in [0, 0.05) is 17.8 Å². The first-order valence-electron chi connectivity index (χ1n) is 14.1. The zero-order chi connectivity index (χ0) is 28.6. The molecule has 2 heterocycles. The highest BCUT2D eigenvalue weighted by Crippen LogP contribution is 2.36. The minimum Gasteiger partial charge on any atom is -0.391 e.